The fourth-order valence-corrected chi connectivity index (χ4v) is 0.715. The molecule has 0 aromatic carbocycles. The Balaban J connectivity index is 3.40. The third-order valence-electron chi connectivity index (χ3n) is 1.23. The van der Waals surface area contributed by atoms with E-state index in [1.165, 1.54) is 0 Å². The molecule has 0 aliphatic carbocycles. The number of hydrogen-bond donors (Lipinski definition) is 0. The lowest BCUT2D eigenvalue weighted by atomic mass is 10.3. The van der Waals surface area contributed by atoms with Crippen LogP contribution in [0.15, 0.2) is 12.3 Å². The van der Waals surface area contributed by atoms with Crippen LogP contribution < -0.4 is 0 Å². The van der Waals surface area contributed by atoms with Crippen molar-refractivity contribution in [3.63, 3.8) is 0 Å². The van der Waals surface area contributed by atoms with Crippen molar-refractivity contribution in [2.24, 2.45) is 0 Å². The lowest BCUT2D eigenvalue weighted by Crippen LogP contribution is -2.11. The van der Waals surface area contributed by atoms with Gasteiger partial charge in [0, 0.05) is 6.42 Å². The van der Waals surface area contributed by atoms with Crippen LogP contribution in [0.2, 0.25) is 0 Å². The zero-order valence-electron chi connectivity index (χ0n) is 7.76. The molecule has 0 heterocycles. The molecule has 0 aromatic rings. The fraction of sp³-hybridized carbons (Fsp3) is 0.667. The third-order valence-corrected chi connectivity index (χ3v) is 1.23. The average Bonchev–Trinajstić information content (AvgIpc) is 2.02. The number of ether oxygens (including phenoxy) is 2. The molecule has 0 aromatic heterocycles. The number of hydrogen-bond acceptors (Lipinski definition) is 3. The van der Waals surface area contributed by atoms with Gasteiger partial charge in [-0.05, 0) is 13.3 Å². The minimum absolute atomic E-state index is 0.0212. The average molecular weight is 172 g/mol. The van der Waals surface area contributed by atoms with Gasteiger partial charge in [-0.1, -0.05) is 13.5 Å². The second-order valence-corrected chi connectivity index (χ2v) is 2.38. The Hall–Kier alpha value is -0.990. The first-order valence-electron chi connectivity index (χ1n) is 4.16. The summed E-state index contributed by atoms with van der Waals surface area (Å²) >= 11 is 0. The molecule has 0 rings (SSSR count). The molecule has 0 unspecified atom stereocenters. The van der Waals surface area contributed by atoms with E-state index in [-0.39, 0.29) is 12.6 Å². The summed E-state index contributed by atoms with van der Waals surface area (Å²) in [5, 5.41) is 0. The molecule has 3 heteroatoms. The van der Waals surface area contributed by atoms with Gasteiger partial charge in [-0.15, -0.1) is 0 Å². The van der Waals surface area contributed by atoms with Crippen LogP contribution in [0.3, 0.4) is 0 Å². The van der Waals surface area contributed by atoms with Gasteiger partial charge in [0.05, 0.1) is 12.4 Å². The van der Waals surface area contributed by atoms with Gasteiger partial charge in [-0.3, -0.25) is 0 Å². The molecule has 0 amide bonds. The minimum Gasteiger partial charge on any atom is -0.487 e. The predicted molar refractivity (Wildman–Crippen MR) is 46.6 cm³/mol. The van der Waals surface area contributed by atoms with Crippen molar-refractivity contribution >= 4 is 5.97 Å². The topological polar surface area (TPSA) is 35.5 Å². The summed E-state index contributed by atoms with van der Waals surface area (Å²) in [4.78, 5) is 10.8. The summed E-state index contributed by atoms with van der Waals surface area (Å²) in [5.74, 6) is 0.306. The molecule has 0 N–H and O–H groups in total. The lowest BCUT2D eigenvalue weighted by molar-refractivity contribution is -0.147. The number of allylic oxidation sites excluding steroid dienone is 1. The van der Waals surface area contributed by atoms with Crippen molar-refractivity contribution in [2.75, 3.05) is 13.2 Å². The standard InChI is InChI=1S/C9H16O3/c1-4-6-8(3)12-7-9(10)11-5-2/h3-7H2,1-2H3. The first-order valence-corrected chi connectivity index (χ1v) is 4.16. The van der Waals surface area contributed by atoms with Gasteiger partial charge in [0.25, 0.3) is 0 Å². The number of esters is 1. The van der Waals surface area contributed by atoms with Crippen LogP contribution in [-0.4, -0.2) is 19.2 Å². The quantitative estimate of drug-likeness (QED) is 0.453. The summed E-state index contributed by atoms with van der Waals surface area (Å²) in [6, 6.07) is 0. The summed E-state index contributed by atoms with van der Waals surface area (Å²) in [5.41, 5.74) is 0. The van der Waals surface area contributed by atoms with Crippen molar-refractivity contribution in [2.45, 2.75) is 26.7 Å². The Kier molecular flexibility index (Phi) is 6.15. The molecule has 0 bridgehead atoms. The van der Waals surface area contributed by atoms with E-state index in [0.29, 0.717) is 12.4 Å². The van der Waals surface area contributed by atoms with E-state index in [4.69, 9.17) is 4.74 Å². The molecule has 70 valence electrons. The van der Waals surface area contributed by atoms with Crippen LogP contribution in [0.1, 0.15) is 26.7 Å². The fourth-order valence-electron chi connectivity index (χ4n) is 0.715. The highest BCUT2D eigenvalue weighted by molar-refractivity contribution is 5.70. The van der Waals surface area contributed by atoms with Crippen LogP contribution in [-0.2, 0) is 14.3 Å². The number of rotatable bonds is 6. The van der Waals surface area contributed by atoms with Gasteiger partial charge in [0.2, 0.25) is 0 Å². The van der Waals surface area contributed by atoms with Crippen molar-refractivity contribution in [3.8, 4) is 0 Å². The highest BCUT2D eigenvalue weighted by Gasteiger charge is 2.02. The van der Waals surface area contributed by atoms with Crippen LogP contribution in [0, 0.1) is 0 Å². The monoisotopic (exact) mass is 172 g/mol. The molecular formula is C9H16O3. The Morgan fingerprint density at radius 2 is 2.00 bits per heavy atom. The van der Waals surface area contributed by atoms with Gasteiger partial charge in [-0.2, -0.15) is 0 Å². The molecule has 0 atom stereocenters. The van der Waals surface area contributed by atoms with E-state index in [9.17, 15) is 4.79 Å². The maximum atomic E-state index is 10.8. The normalized spacial score (nSPS) is 9.17. The van der Waals surface area contributed by atoms with Gasteiger partial charge >= 0.3 is 5.97 Å². The molecular weight excluding hydrogens is 156 g/mol. The van der Waals surface area contributed by atoms with Crippen LogP contribution in [0.25, 0.3) is 0 Å². The van der Waals surface area contributed by atoms with E-state index < -0.39 is 0 Å². The summed E-state index contributed by atoms with van der Waals surface area (Å²) in [6.07, 6.45) is 1.76. The van der Waals surface area contributed by atoms with E-state index in [1.807, 2.05) is 6.92 Å². The third kappa shape index (κ3) is 5.77. The predicted octanol–water partition coefficient (Wildman–Crippen LogP) is 1.88. The smallest absolute Gasteiger partial charge is 0.344 e. The van der Waals surface area contributed by atoms with Gasteiger partial charge in [-0.25, -0.2) is 4.79 Å². The van der Waals surface area contributed by atoms with Crippen LogP contribution in [0.4, 0.5) is 0 Å². The minimum atomic E-state index is -0.338. The van der Waals surface area contributed by atoms with E-state index >= 15 is 0 Å². The molecule has 12 heavy (non-hydrogen) atoms. The summed E-state index contributed by atoms with van der Waals surface area (Å²) in [6.45, 7) is 7.81. The summed E-state index contributed by atoms with van der Waals surface area (Å²) < 4.78 is 9.69. The maximum Gasteiger partial charge on any atom is 0.344 e. The zero-order valence-corrected chi connectivity index (χ0v) is 7.76. The van der Waals surface area contributed by atoms with Crippen LogP contribution in [0.5, 0.6) is 0 Å². The SMILES string of the molecule is C=C(CCC)OCC(=O)OCC. The molecule has 3 nitrogen and oxygen atoms in total. The van der Waals surface area contributed by atoms with Crippen LogP contribution >= 0.6 is 0 Å². The summed E-state index contributed by atoms with van der Waals surface area (Å²) in [7, 11) is 0. The first kappa shape index (κ1) is 11.0. The Morgan fingerprint density at radius 1 is 1.33 bits per heavy atom. The van der Waals surface area contributed by atoms with Gasteiger partial charge < -0.3 is 9.47 Å². The molecule has 0 saturated heterocycles. The van der Waals surface area contributed by atoms with Crippen molar-refractivity contribution in [1.29, 1.82) is 0 Å². The first-order chi connectivity index (χ1) is 5.70. The second kappa shape index (κ2) is 6.70. The molecule has 0 aliphatic heterocycles. The van der Waals surface area contributed by atoms with Crippen molar-refractivity contribution < 1.29 is 14.3 Å². The molecule has 0 spiro atoms. The Bertz CT molecular complexity index is 134. The van der Waals surface area contributed by atoms with Crippen molar-refractivity contribution in [1.82, 2.24) is 0 Å². The van der Waals surface area contributed by atoms with E-state index in [1.54, 1.807) is 6.92 Å². The number of carbonyl (C=O) groups excluding carboxylic acids is 1. The molecule has 0 radical (unpaired) electrons. The number of carbonyl (C=O) groups is 1. The second-order valence-electron chi connectivity index (χ2n) is 2.38. The molecule has 0 fully saturated rings. The zero-order chi connectivity index (χ0) is 9.40. The Labute approximate surface area is 73.4 Å². The van der Waals surface area contributed by atoms with Gasteiger partial charge in [0.15, 0.2) is 6.61 Å². The highest BCUT2D eigenvalue weighted by Crippen LogP contribution is 2.02. The Morgan fingerprint density at radius 3 is 2.50 bits per heavy atom. The van der Waals surface area contributed by atoms with Gasteiger partial charge in [0.1, 0.15) is 0 Å². The van der Waals surface area contributed by atoms with Crippen molar-refractivity contribution in [3.05, 3.63) is 12.3 Å². The molecule has 0 aliphatic rings. The van der Waals surface area contributed by atoms with E-state index in [2.05, 4.69) is 11.3 Å². The molecule has 0 saturated carbocycles. The lowest BCUT2D eigenvalue weighted by Gasteiger charge is -2.06. The van der Waals surface area contributed by atoms with E-state index in [0.717, 1.165) is 12.8 Å². The largest absolute Gasteiger partial charge is 0.487 e. The maximum absolute atomic E-state index is 10.8. The highest BCUT2D eigenvalue weighted by atomic mass is 16.6.